The highest BCUT2D eigenvalue weighted by Crippen LogP contribution is 2.30. The maximum Gasteiger partial charge on any atom is 0.291 e. The highest BCUT2D eigenvalue weighted by atomic mass is 35.5. The molecule has 0 unspecified atom stereocenters. The first-order chi connectivity index (χ1) is 14.0. The predicted molar refractivity (Wildman–Crippen MR) is 113 cm³/mol. The van der Waals surface area contributed by atoms with Crippen molar-refractivity contribution in [2.45, 2.75) is 0 Å². The number of carbonyl (C=O) groups excluding carboxylic acids is 1. The van der Waals surface area contributed by atoms with Crippen LogP contribution in [0.4, 0.5) is 11.4 Å². The van der Waals surface area contributed by atoms with Crippen molar-refractivity contribution in [3.63, 3.8) is 0 Å². The maximum absolute atomic E-state index is 12.2. The molecule has 0 aliphatic carbocycles. The van der Waals surface area contributed by atoms with Crippen molar-refractivity contribution in [3.05, 3.63) is 59.6 Å². The Morgan fingerprint density at radius 1 is 1.31 bits per heavy atom. The number of hydrogen-bond donors (Lipinski definition) is 2. The van der Waals surface area contributed by atoms with Crippen LogP contribution >= 0.6 is 11.6 Å². The normalized spacial score (nSPS) is 11.3. The van der Waals surface area contributed by atoms with Crippen molar-refractivity contribution >= 4 is 46.4 Å². The van der Waals surface area contributed by atoms with Gasteiger partial charge in [-0.2, -0.15) is 0 Å². The van der Waals surface area contributed by atoms with Crippen molar-refractivity contribution in [3.8, 4) is 11.4 Å². The molecule has 146 valence electrons. The zero-order valence-electron chi connectivity index (χ0n) is 15.7. The number of aromatic nitrogens is 3. The molecule has 0 saturated heterocycles. The molecule has 9 heteroatoms. The number of aliphatic imine (C=N–C) groups is 1. The average Bonchev–Trinajstić information content (AvgIpc) is 3.37. The Hall–Kier alpha value is -3.65. The number of imidazole rings is 1. The number of fused-ring (bicyclic) bond motifs is 1. The smallest absolute Gasteiger partial charge is 0.291 e. The number of nitrogens with one attached hydrogen (secondary N) is 2. The number of anilines is 1. The van der Waals surface area contributed by atoms with Gasteiger partial charge >= 0.3 is 0 Å². The van der Waals surface area contributed by atoms with Gasteiger partial charge in [0.05, 0.1) is 35.0 Å². The van der Waals surface area contributed by atoms with E-state index in [2.05, 4.69) is 25.3 Å². The van der Waals surface area contributed by atoms with Crippen LogP contribution in [0.25, 0.3) is 22.6 Å². The lowest BCUT2D eigenvalue weighted by molar-refractivity contribution is 0.0996. The number of benzene rings is 1. The topological polar surface area (TPSA) is 99.4 Å². The standard InChI is InChI=1S/C20H17ClN6O2/c1-27(2)11-23-13-9-16-19(22-10-13)26-18(25-16)14-8-12(5-6-15(14)21)24-20(28)17-4-3-7-29-17/h3-11H,1-2H3,(H,24,28)(H,22,25,26)/b23-11-. The molecule has 4 rings (SSSR count). The van der Waals surface area contributed by atoms with E-state index in [1.54, 1.807) is 42.9 Å². The Kier molecular flexibility index (Phi) is 5.01. The summed E-state index contributed by atoms with van der Waals surface area (Å²) in [4.78, 5) is 30.4. The molecular weight excluding hydrogens is 392 g/mol. The quantitative estimate of drug-likeness (QED) is 0.378. The molecule has 0 spiro atoms. The number of aromatic amines is 1. The van der Waals surface area contributed by atoms with Gasteiger partial charge in [0.1, 0.15) is 5.82 Å². The van der Waals surface area contributed by atoms with Gasteiger partial charge in [-0.25, -0.2) is 15.0 Å². The summed E-state index contributed by atoms with van der Waals surface area (Å²) < 4.78 is 5.11. The monoisotopic (exact) mass is 408 g/mol. The highest BCUT2D eigenvalue weighted by Gasteiger charge is 2.14. The summed E-state index contributed by atoms with van der Waals surface area (Å²) in [6, 6.07) is 10.2. The third-order valence-corrected chi connectivity index (χ3v) is 4.31. The first kappa shape index (κ1) is 18.7. The summed E-state index contributed by atoms with van der Waals surface area (Å²) >= 11 is 6.37. The maximum atomic E-state index is 12.2. The van der Waals surface area contributed by atoms with Gasteiger partial charge in [0.15, 0.2) is 11.4 Å². The second kappa shape index (κ2) is 7.76. The van der Waals surface area contributed by atoms with E-state index in [9.17, 15) is 4.79 Å². The third kappa shape index (κ3) is 4.12. The van der Waals surface area contributed by atoms with Crippen LogP contribution in [-0.2, 0) is 0 Å². The number of furan rings is 1. The molecule has 0 aliphatic rings. The van der Waals surface area contributed by atoms with Crippen molar-refractivity contribution in [1.29, 1.82) is 0 Å². The van der Waals surface area contributed by atoms with E-state index in [1.807, 2.05) is 25.1 Å². The molecular formula is C20H17ClN6O2. The van der Waals surface area contributed by atoms with Crippen LogP contribution < -0.4 is 5.32 Å². The fourth-order valence-corrected chi connectivity index (χ4v) is 2.86. The van der Waals surface area contributed by atoms with Crippen LogP contribution in [0.2, 0.25) is 5.02 Å². The Balaban J connectivity index is 1.65. The van der Waals surface area contributed by atoms with Crippen LogP contribution in [0.15, 0.2) is 58.3 Å². The van der Waals surface area contributed by atoms with Gasteiger partial charge in [-0.3, -0.25) is 4.79 Å². The van der Waals surface area contributed by atoms with Gasteiger partial charge in [-0.05, 0) is 36.4 Å². The number of nitrogens with zero attached hydrogens (tertiary/aromatic N) is 4. The van der Waals surface area contributed by atoms with Crippen molar-refractivity contribution in [1.82, 2.24) is 19.9 Å². The Morgan fingerprint density at radius 2 is 2.17 bits per heavy atom. The third-order valence-electron chi connectivity index (χ3n) is 3.99. The molecule has 29 heavy (non-hydrogen) atoms. The molecule has 0 saturated carbocycles. The van der Waals surface area contributed by atoms with E-state index in [4.69, 9.17) is 16.0 Å². The number of hydrogen-bond acceptors (Lipinski definition) is 5. The number of H-pyrrole nitrogens is 1. The molecule has 2 N–H and O–H groups in total. The molecule has 3 heterocycles. The second-order valence-corrected chi connectivity index (χ2v) is 6.89. The minimum atomic E-state index is -0.349. The number of pyridine rings is 1. The van der Waals surface area contributed by atoms with Crippen LogP contribution in [-0.4, -0.2) is 46.2 Å². The summed E-state index contributed by atoms with van der Waals surface area (Å²) in [7, 11) is 3.78. The van der Waals surface area contributed by atoms with Crippen LogP contribution in [0.5, 0.6) is 0 Å². The predicted octanol–water partition coefficient (Wildman–Crippen LogP) is 4.35. The fraction of sp³-hybridized carbons (Fsp3) is 0.100. The molecule has 0 bridgehead atoms. The molecule has 8 nitrogen and oxygen atoms in total. The van der Waals surface area contributed by atoms with Crippen LogP contribution in [0.3, 0.4) is 0 Å². The van der Waals surface area contributed by atoms with Gasteiger partial charge in [-0.15, -0.1) is 0 Å². The van der Waals surface area contributed by atoms with Gasteiger partial charge in [-0.1, -0.05) is 11.6 Å². The lowest BCUT2D eigenvalue weighted by Crippen LogP contribution is -2.10. The van der Waals surface area contributed by atoms with Crippen molar-refractivity contribution < 1.29 is 9.21 Å². The first-order valence-electron chi connectivity index (χ1n) is 8.71. The molecule has 0 atom stereocenters. The first-order valence-corrected chi connectivity index (χ1v) is 9.08. The van der Waals surface area contributed by atoms with Gasteiger partial charge < -0.3 is 19.6 Å². The SMILES string of the molecule is CN(C)/C=N\c1cnc2nc(-c3cc(NC(=O)c4ccco4)ccc3Cl)[nH]c2c1. The average molecular weight is 409 g/mol. The highest BCUT2D eigenvalue weighted by molar-refractivity contribution is 6.33. The molecule has 0 fully saturated rings. The molecule has 0 aliphatic heterocycles. The number of carbonyl (C=O) groups is 1. The fourth-order valence-electron chi connectivity index (χ4n) is 2.65. The van der Waals surface area contributed by atoms with Gasteiger partial charge in [0.25, 0.3) is 5.91 Å². The summed E-state index contributed by atoms with van der Waals surface area (Å²) in [5.41, 5.74) is 3.18. The van der Waals surface area contributed by atoms with E-state index in [0.29, 0.717) is 33.4 Å². The molecule has 0 radical (unpaired) electrons. The minimum Gasteiger partial charge on any atom is -0.459 e. The zero-order chi connectivity index (χ0) is 20.4. The van der Waals surface area contributed by atoms with E-state index in [0.717, 1.165) is 5.52 Å². The minimum absolute atomic E-state index is 0.222. The van der Waals surface area contributed by atoms with E-state index in [1.165, 1.54) is 6.26 Å². The molecule has 1 aromatic carbocycles. The number of halogens is 1. The Bertz CT molecular complexity index is 1200. The van der Waals surface area contributed by atoms with Gasteiger partial charge in [0, 0.05) is 25.3 Å². The summed E-state index contributed by atoms with van der Waals surface area (Å²) in [5, 5.41) is 3.27. The lowest BCUT2D eigenvalue weighted by Gasteiger charge is -2.07. The zero-order valence-corrected chi connectivity index (χ0v) is 16.4. The summed E-state index contributed by atoms with van der Waals surface area (Å²) in [5.74, 6) is 0.415. The number of amides is 1. The van der Waals surface area contributed by atoms with Crippen molar-refractivity contribution in [2.75, 3.05) is 19.4 Å². The van der Waals surface area contributed by atoms with E-state index in [-0.39, 0.29) is 11.7 Å². The summed E-state index contributed by atoms with van der Waals surface area (Å²) in [6.07, 6.45) is 4.79. The van der Waals surface area contributed by atoms with Crippen LogP contribution in [0, 0.1) is 0 Å². The summed E-state index contributed by atoms with van der Waals surface area (Å²) in [6.45, 7) is 0. The Morgan fingerprint density at radius 3 is 2.93 bits per heavy atom. The molecule has 3 aromatic heterocycles. The Labute approximate surface area is 171 Å². The van der Waals surface area contributed by atoms with Crippen LogP contribution in [0.1, 0.15) is 10.6 Å². The largest absolute Gasteiger partial charge is 0.459 e. The lowest BCUT2D eigenvalue weighted by atomic mass is 10.2. The second-order valence-electron chi connectivity index (χ2n) is 6.48. The number of rotatable bonds is 5. The van der Waals surface area contributed by atoms with E-state index < -0.39 is 0 Å². The molecule has 4 aromatic rings. The van der Waals surface area contributed by atoms with Crippen molar-refractivity contribution in [2.24, 2.45) is 4.99 Å². The molecule has 1 amide bonds. The van der Waals surface area contributed by atoms with E-state index >= 15 is 0 Å². The van der Waals surface area contributed by atoms with Gasteiger partial charge in [0.2, 0.25) is 0 Å².